The van der Waals surface area contributed by atoms with Crippen LogP contribution >= 0.6 is 0 Å². The maximum absolute atomic E-state index is 13.8. The van der Waals surface area contributed by atoms with E-state index in [1.807, 2.05) is 6.07 Å². The van der Waals surface area contributed by atoms with E-state index in [1.54, 1.807) is 30.3 Å². The van der Waals surface area contributed by atoms with E-state index in [9.17, 15) is 36.6 Å². The summed E-state index contributed by atoms with van der Waals surface area (Å²) in [6.07, 6.45) is -1.77. The lowest BCUT2D eigenvalue weighted by Crippen LogP contribution is -2.36. The summed E-state index contributed by atoms with van der Waals surface area (Å²) in [4.78, 5) is 13.3. The number of hydrogen-bond donors (Lipinski definition) is 3. The number of fused-ring (bicyclic) bond motifs is 1. The van der Waals surface area contributed by atoms with Gasteiger partial charge in [-0.2, -0.15) is 13.2 Å². The zero-order valence-corrected chi connectivity index (χ0v) is 26.5. The van der Waals surface area contributed by atoms with Gasteiger partial charge >= 0.3 is 13.3 Å². The molecule has 4 aromatic carbocycles. The molecule has 248 valence electrons. The zero-order chi connectivity index (χ0) is 34.3. The van der Waals surface area contributed by atoms with E-state index in [4.69, 9.17) is 9.15 Å². The second-order valence-electron chi connectivity index (χ2n) is 11.4. The number of hydrogen-bond acceptors (Lipinski definition) is 6. The Morgan fingerprint density at radius 2 is 1.67 bits per heavy atom. The fraction of sp³-hybridized carbons (Fsp3) is 0.206. The lowest BCUT2D eigenvalue weighted by molar-refractivity contribution is -0.136. The standard InChI is InChI=1S/C34H29BF4N2O6S/c1-40-33(42)31-26-16-25(20-4-5-20)29(41(48(2)45)18-19-3-14-28(35(43)44)27(15-19)34(37,38)39)17-30(26)47-32(31)21-6-10-23(11-7-21)46-24-12-8-22(36)9-13-24/h3,6-17,20,43-44H,4-5,18H2,1-2H3,(H,40,42). The van der Waals surface area contributed by atoms with Gasteiger partial charge in [-0.25, -0.2) is 8.60 Å². The quantitative estimate of drug-likeness (QED) is 0.119. The Hall–Kier alpha value is -4.66. The van der Waals surface area contributed by atoms with Crippen LogP contribution in [0.3, 0.4) is 0 Å². The van der Waals surface area contributed by atoms with Crippen molar-refractivity contribution in [3.8, 4) is 22.8 Å². The molecule has 8 nitrogen and oxygen atoms in total. The van der Waals surface area contributed by atoms with Crippen LogP contribution in [-0.4, -0.2) is 40.6 Å². The molecule has 1 aromatic heterocycles. The van der Waals surface area contributed by atoms with Crippen LogP contribution in [0.2, 0.25) is 0 Å². The molecule has 0 bridgehead atoms. The predicted octanol–water partition coefficient (Wildman–Crippen LogP) is 6.27. The van der Waals surface area contributed by atoms with Gasteiger partial charge in [-0.15, -0.1) is 0 Å². The lowest BCUT2D eigenvalue weighted by atomic mass is 9.76. The molecule has 1 atom stereocenters. The van der Waals surface area contributed by atoms with Crippen LogP contribution in [0.1, 0.15) is 45.8 Å². The number of benzene rings is 4. The maximum atomic E-state index is 13.8. The van der Waals surface area contributed by atoms with Gasteiger partial charge in [0.2, 0.25) is 0 Å². The van der Waals surface area contributed by atoms with E-state index in [2.05, 4.69) is 5.32 Å². The molecule has 6 rings (SSSR count). The van der Waals surface area contributed by atoms with Crippen molar-refractivity contribution in [2.24, 2.45) is 0 Å². The number of amides is 1. The minimum atomic E-state index is -4.85. The molecule has 1 unspecified atom stereocenters. The van der Waals surface area contributed by atoms with Crippen LogP contribution < -0.4 is 19.8 Å². The monoisotopic (exact) mass is 680 g/mol. The largest absolute Gasteiger partial charge is 0.489 e. The van der Waals surface area contributed by atoms with Gasteiger partial charge in [-0.3, -0.25) is 9.10 Å². The van der Waals surface area contributed by atoms with Gasteiger partial charge in [0.1, 0.15) is 39.6 Å². The molecule has 1 heterocycles. The Bertz CT molecular complexity index is 2010. The molecule has 5 aromatic rings. The van der Waals surface area contributed by atoms with E-state index < -0.39 is 47.0 Å². The van der Waals surface area contributed by atoms with Crippen LogP contribution in [0.5, 0.6) is 11.5 Å². The molecule has 1 aliphatic rings. The summed E-state index contributed by atoms with van der Waals surface area (Å²) in [5, 5.41) is 22.2. The van der Waals surface area contributed by atoms with Crippen molar-refractivity contribution in [2.45, 2.75) is 31.5 Å². The maximum Gasteiger partial charge on any atom is 0.489 e. The van der Waals surface area contributed by atoms with E-state index in [1.165, 1.54) is 47.9 Å². The molecule has 14 heteroatoms. The molecule has 3 N–H and O–H groups in total. The molecule has 0 saturated heterocycles. The first-order valence-electron chi connectivity index (χ1n) is 14.9. The van der Waals surface area contributed by atoms with E-state index in [-0.39, 0.29) is 29.3 Å². The zero-order valence-electron chi connectivity index (χ0n) is 25.7. The number of halogens is 4. The SMILES string of the molecule is CNC(=O)c1c(-c2ccc(Oc3ccc(F)cc3)cc2)oc2cc(N(Cc3ccc(B(O)O)c(C(F)(F)F)c3)S(C)=O)c(C3CC3)cc12. The van der Waals surface area contributed by atoms with Crippen molar-refractivity contribution in [2.75, 3.05) is 17.6 Å². The van der Waals surface area contributed by atoms with Gasteiger partial charge in [0.25, 0.3) is 5.91 Å². The topological polar surface area (TPSA) is 112 Å². The number of carbonyl (C=O) groups is 1. The Morgan fingerprint density at radius 3 is 2.23 bits per heavy atom. The summed E-state index contributed by atoms with van der Waals surface area (Å²) in [6.45, 7) is -0.190. The van der Waals surface area contributed by atoms with Gasteiger partial charge in [0.15, 0.2) is 0 Å². The van der Waals surface area contributed by atoms with Crippen molar-refractivity contribution in [3.05, 3.63) is 107 Å². The minimum absolute atomic E-state index is 0.0758. The van der Waals surface area contributed by atoms with Crippen LogP contribution in [0.15, 0.2) is 83.3 Å². The Balaban J connectivity index is 1.41. The van der Waals surface area contributed by atoms with E-state index >= 15 is 0 Å². The van der Waals surface area contributed by atoms with Gasteiger partial charge in [-0.05, 0) is 96.0 Å². The molecule has 1 amide bonds. The number of anilines is 1. The number of carbonyl (C=O) groups excluding carboxylic acids is 1. The number of furan rings is 1. The fourth-order valence-electron chi connectivity index (χ4n) is 5.61. The summed E-state index contributed by atoms with van der Waals surface area (Å²) in [6, 6.07) is 19.0. The van der Waals surface area contributed by atoms with E-state index in [0.29, 0.717) is 33.7 Å². The summed E-state index contributed by atoms with van der Waals surface area (Å²) < 4.78 is 81.4. The Kier molecular flexibility index (Phi) is 9.07. The molecule has 1 aliphatic carbocycles. The minimum Gasteiger partial charge on any atom is -0.457 e. The highest BCUT2D eigenvalue weighted by atomic mass is 32.2. The first-order chi connectivity index (χ1) is 22.8. The molecule has 0 spiro atoms. The molecule has 0 aliphatic heterocycles. The van der Waals surface area contributed by atoms with Crippen molar-refractivity contribution in [1.29, 1.82) is 0 Å². The van der Waals surface area contributed by atoms with Crippen LogP contribution in [0.4, 0.5) is 23.2 Å². The lowest BCUT2D eigenvalue weighted by Gasteiger charge is -2.25. The second-order valence-corrected chi connectivity index (χ2v) is 12.7. The molecular formula is C34H29BF4N2O6S. The van der Waals surface area contributed by atoms with Crippen molar-refractivity contribution >= 4 is 46.1 Å². The summed E-state index contributed by atoms with van der Waals surface area (Å²) in [7, 11) is -2.53. The van der Waals surface area contributed by atoms with Gasteiger partial charge < -0.3 is 24.5 Å². The summed E-state index contributed by atoms with van der Waals surface area (Å²) >= 11 is 0. The normalized spacial score (nSPS) is 13.8. The van der Waals surface area contributed by atoms with Crippen molar-refractivity contribution in [1.82, 2.24) is 5.32 Å². The number of ether oxygens (including phenoxy) is 1. The average Bonchev–Trinajstić information content (AvgIpc) is 3.83. The summed E-state index contributed by atoms with van der Waals surface area (Å²) in [5.74, 6) is 0.469. The third-order valence-electron chi connectivity index (χ3n) is 8.08. The van der Waals surface area contributed by atoms with Gasteiger partial charge in [-0.1, -0.05) is 12.1 Å². The predicted molar refractivity (Wildman–Crippen MR) is 175 cm³/mol. The Labute approximate surface area is 275 Å². The number of nitrogens with zero attached hydrogens (tertiary/aromatic N) is 1. The molecular weight excluding hydrogens is 651 g/mol. The van der Waals surface area contributed by atoms with Gasteiger partial charge in [0.05, 0.1) is 23.4 Å². The van der Waals surface area contributed by atoms with Crippen LogP contribution in [0, 0.1) is 5.82 Å². The molecule has 1 fully saturated rings. The Morgan fingerprint density at radius 1 is 1.02 bits per heavy atom. The first kappa shape index (κ1) is 33.3. The third-order valence-corrected chi connectivity index (χ3v) is 9.03. The van der Waals surface area contributed by atoms with E-state index in [0.717, 1.165) is 30.5 Å². The van der Waals surface area contributed by atoms with Crippen LogP contribution in [-0.2, 0) is 23.7 Å². The fourth-order valence-corrected chi connectivity index (χ4v) is 6.37. The number of nitrogens with one attached hydrogen (secondary N) is 1. The highest BCUT2D eigenvalue weighted by Gasteiger charge is 2.37. The second kappa shape index (κ2) is 13.1. The number of alkyl halides is 3. The molecule has 48 heavy (non-hydrogen) atoms. The van der Waals surface area contributed by atoms with Crippen molar-refractivity contribution in [3.63, 3.8) is 0 Å². The van der Waals surface area contributed by atoms with Crippen LogP contribution in [0.25, 0.3) is 22.3 Å². The molecule has 1 saturated carbocycles. The molecule has 0 radical (unpaired) electrons. The first-order valence-corrected chi connectivity index (χ1v) is 16.4. The average molecular weight is 680 g/mol. The van der Waals surface area contributed by atoms with Crippen molar-refractivity contribution < 1.29 is 45.8 Å². The summed E-state index contributed by atoms with van der Waals surface area (Å²) in [5.41, 5.74) is 0.676. The highest BCUT2D eigenvalue weighted by Crippen LogP contribution is 2.48. The highest BCUT2D eigenvalue weighted by molar-refractivity contribution is 7.85. The van der Waals surface area contributed by atoms with Gasteiger partial charge in [0, 0.05) is 30.3 Å². The smallest absolute Gasteiger partial charge is 0.457 e. The third kappa shape index (κ3) is 6.82. The number of rotatable bonds is 10.